The number of halogens is 1. The zero-order chi connectivity index (χ0) is 24.1. The topological polar surface area (TPSA) is 117 Å². The number of nitrogens with zero attached hydrogens (tertiary/aromatic N) is 5. The van der Waals surface area contributed by atoms with Crippen molar-refractivity contribution in [3.05, 3.63) is 36.7 Å². The van der Waals surface area contributed by atoms with E-state index in [0.29, 0.717) is 11.3 Å². The van der Waals surface area contributed by atoms with Crippen molar-refractivity contribution in [2.24, 2.45) is 0 Å². The number of rotatable bonds is 5. The molecule has 5 rings (SSSR count). The van der Waals surface area contributed by atoms with Crippen molar-refractivity contribution in [1.29, 1.82) is 0 Å². The summed E-state index contributed by atoms with van der Waals surface area (Å²) in [5, 5.41) is 33.8. The fourth-order valence-electron chi connectivity index (χ4n) is 5.45. The van der Waals surface area contributed by atoms with Crippen LogP contribution >= 0.6 is 12.4 Å². The number of phenols is 1. The van der Waals surface area contributed by atoms with Crippen LogP contribution < -0.4 is 10.6 Å². The minimum atomic E-state index is -0.0115. The van der Waals surface area contributed by atoms with E-state index in [9.17, 15) is 5.11 Å². The first-order valence-corrected chi connectivity index (χ1v) is 11.8. The van der Waals surface area contributed by atoms with Gasteiger partial charge in [-0.2, -0.15) is 5.10 Å². The minimum absolute atomic E-state index is 0. The number of nitrogens with one attached hydrogen (secondary N) is 3. The van der Waals surface area contributed by atoms with E-state index in [2.05, 4.69) is 70.2 Å². The van der Waals surface area contributed by atoms with Crippen molar-refractivity contribution >= 4 is 29.5 Å². The second kappa shape index (κ2) is 9.13. The van der Waals surface area contributed by atoms with Gasteiger partial charge in [-0.25, -0.2) is 4.98 Å². The Labute approximate surface area is 211 Å². The smallest absolute Gasteiger partial charge is 0.205 e. The van der Waals surface area contributed by atoms with Gasteiger partial charge in [0.1, 0.15) is 11.3 Å². The lowest BCUT2D eigenvalue weighted by Crippen LogP contribution is -2.58. The highest BCUT2D eigenvalue weighted by Gasteiger charge is 2.39. The molecular formula is C25H33ClN8O. The molecule has 1 fully saturated rings. The summed E-state index contributed by atoms with van der Waals surface area (Å²) < 4.78 is 2.21. The fourth-order valence-corrected chi connectivity index (χ4v) is 5.45. The van der Waals surface area contributed by atoms with E-state index in [4.69, 9.17) is 4.98 Å². The molecule has 0 saturated carbocycles. The number of aromatic amines is 1. The normalized spacial score (nSPS) is 17.3. The second-order valence-electron chi connectivity index (χ2n) is 10.4. The van der Waals surface area contributed by atoms with Crippen LogP contribution in [0.4, 0.5) is 5.95 Å². The van der Waals surface area contributed by atoms with Gasteiger partial charge in [-0.15, -0.1) is 22.6 Å². The molecular weight excluding hydrogens is 464 g/mol. The van der Waals surface area contributed by atoms with Gasteiger partial charge in [-0.05, 0) is 71.2 Å². The summed E-state index contributed by atoms with van der Waals surface area (Å²) in [5.74, 6) is 0.947. The standard InChI is InChI=1S/C25H32N8O.ClH/c1-6-26-23-29-20-10-19(18-8-7-15(9-21(18)34)16-13-27-28-14-16)30-31-22(20)33(23)17-11-24(2,3)32-25(4,5)12-17;/h7-10,13-14,17,32,34H,6,11-12H2,1-5H3,(H,26,29)(H,27,28);1H. The molecule has 0 atom stereocenters. The van der Waals surface area contributed by atoms with Crippen LogP contribution in [0.3, 0.4) is 0 Å². The van der Waals surface area contributed by atoms with Crippen molar-refractivity contribution in [3.63, 3.8) is 0 Å². The van der Waals surface area contributed by atoms with Gasteiger partial charge in [0.2, 0.25) is 5.95 Å². The molecule has 0 bridgehead atoms. The molecule has 9 nitrogen and oxygen atoms in total. The van der Waals surface area contributed by atoms with Gasteiger partial charge >= 0.3 is 0 Å². The molecule has 0 aliphatic carbocycles. The predicted molar refractivity (Wildman–Crippen MR) is 141 cm³/mol. The largest absolute Gasteiger partial charge is 0.507 e. The second-order valence-corrected chi connectivity index (χ2v) is 10.4. The Bertz CT molecular complexity index is 1310. The van der Waals surface area contributed by atoms with Gasteiger partial charge in [0.05, 0.1) is 11.9 Å². The summed E-state index contributed by atoms with van der Waals surface area (Å²) >= 11 is 0. The van der Waals surface area contributed by atoms with Crippen LogP contribution in [0.5, 0.6) is 5.75 Å². The number of hydrogen-bond acceptors (Lipinski definition) is 7. The van der Waals surface area contributed by atoms with Crippen LogP contribution in [-0.2, 0) is 0 Å². The average molecular weight is 497 g/mol. The minimum Gasteiger partial charge on any atom is -0.507 e. The van der Waals surface area contributed by atoms with Crippen LogP contribution in [0.2, 0.25) is 0 Å². The number of aromatic nitrogens is 6. The highest BCUT2D eigenvalue weighted by atomic mass is 35.5. The van der Waals surface area contributed by atoms with E-state index < -0.39 is 0 Å². The molecule has 4 aromatic rings. The predicted octanol–water partition coefficient (Wildman–Crippen LogP) is 4.92. The molecule has 0 radical (unpaired) electrons. The number of fused-ring (bicyclic) bond motifs is 1. The van der Waals surface area contributed by atoms with Gasteiger partial charge < -0.3 is 15.7 Å². The van der Waals surface area contributed by atoms with Crippen molar-refractivity contribution in [3.8, 4) is 28.1 Å². The van der Waals surface area contributed by atoms with Gasteiger partial charge in [0.15, 0.2) is 5.65 Å². The van der Waals surface area contributed by atoms with Crippen LogP contribution in [-0.4, -0.2) is 52.7 Å². The Morgan fingerprint density at radius 2 is 1.83 bits per heavy atom. The van der Waals surface area contributed by atoms with Crippen molar-refractivity contribution in [2.75, 3.05) is 11.9 Å². The van der Waals surface area contributed by atoms with Gasteiger partial charge in [-0.3, -0.25) is 9.67 Å². The Balaban J connectivity index is 0.00000289. The first-order valence-electron chi connectivity index (χ1n) is 11.8. The van der Waals surface area contributed by atoms with Crippen LogP contribution in [0.1, 0.15) is 53.5 Å². The molecule has 4 heterocycles. The number of anilines is 1. The van der Waals surface area contributed by atoms with Crippen LogP contribution in [0.15, 0.2) is 36.7 Å². The van der Waals surface area contributed by atoms with Gasteiger partial charge in [0, 0.05) is 41.0 Å². The SMILES string of the molecule is CCNc1nc2cc(-c3ccc(-c4cn[nH]c4)cc3O)nnc2n1C1CC(C)(C)NC(C)(C)C1.Cl. The molecule has 3 aromatic heterocycles. The number of hydrogen-bond donors (Lipinski definition) is 4. The van der Waals surface area contributed by atoms with E-state index in [1.807, 2.05) is 18.2 Å². The summed E-state index contributed by atoms with van der Waals surface area (Å²) in [5.41, 5.74) is 4.48. The molecule has 35 heavy (non-hydrogen) atoms. The molecule has 1 saturated heterocycles. The van der Waals surface area contributed by atoms with Crippen molar-refractivity contribution in [2.45, 2.75) is 64.6 Å². The monoisotopic (exact) mass is 496 g/mol. The quantitative estimate of drug-likeness (QED) is 0.309. The molecule has 0 amide bonds. The summed E-state index contributed by atoms with van der Waals surface area (Å²) in [4.78, 5) is 4.88. The highest BCUT2D eigenvalue weighted by Crippen LogP contribution is 2.40. The van der Waals surface area contributed by atoms with E-state index in [0.717, 1.165) is 47.6 Å². The number of phenolic OH excluding ortho intramolecular Hbond substituents is 1. The Morgan fingerprint density at radius 3 is 2.46 bits per heavy atom. The number of imidazole rings is 1. The number of benzene rings is 1. The van der Waals surface area contributed by atoms with Crippen molar-refractivity contribution < 1.29 is 5.11 Å². The molecule has 10 heteroatoms. The van der Waals surface area contributed by atoms with E-state index >= 15 is 0 Å². The Hall–Kier alpha value is -3.17. The zero-order valence-corrected chi connectivity index (χ0v) is 21.6. The molecule has 1 aromatic carbocycles. The third-order valence-electron chi connectivity index (χ3n) is 6.41. The first-order chi connectivity index (χ1) is 16.2. The first kappa shape index (κ1) is 24.9. The molecule has 1 aliphatic rings. The third kappa shape index (κ3) is 4.83. The fraction of sp³-hybridized carbons (Fsp3) is 0.440. The van der Waals surface area contributed by atoms with Crippen LogP contribution in [0.25, 0.3) is 33.5 Å². The van der Waals surface area contributed by atoms with E-state index in [1.165, 1.54) is 0 Å². The maximum atomic E-state index is 10.7. The highest BCUT2D eigenvalue weighted by molar-refractivity contribution is 5.85. The van der Waals surface area contributed by atoms with Gasteiger partial charge in [0.25, 0.3) is 0 Å². The number of aromatic hydroxyl groups is 1. The number of piperidine rings is 1. The summed E-state index contributed by atoms with van der Waals surface area (Å²) in [7, 11) is 0. The zero-order valence-electron chi connectivity index (χ0n) is 20.8. The molecule has 186 valence electrons. The van der Waals surface area contributed by atoms with E-state index in [-0.39, 0.29) is 35.3 Å². The molecule has 0 unspecified atom stereocenters. The lowest BCUT2D eigenvalue weighted by molar-refractivity contribution is 0.135. The summed E-state index contributed by atoms with van der Waals surface area (Å²) in [6.45, 7) is 11.8. The average Bonchev–Trinajstić information content (AvgIpc) is 3.39. The molecule has 1 aliphatic heterocycles. The van der Waals surface area contributed by atoms with Crippen LogP contribution in [0, 0.1) is 0 Å². The summed E-state index contributed by atoms with van der Waals surface area (Å²) in [6.07, 6.45) is 5.43. The Kier molecular flexibility index (Phi) is 6.50. The van der Waals surface area contributed by atoms with E-state index in [1.54, 1.807) is 18.5 Å². The maximum Gasteiger partial charge on any atom is 0.205 e. The lowest BCUT2D eigenvalue weighted by atomic mass is 9.79. The molecule has 4 N–H and O–H groups in total. The Morgan fingerprint density at radius 1 is 1.09 bits per heavy atom. The van der Waals surface area contributed by atoms with Gasteiger partial charge in [-0.1, -0.05) is 6.07 Å². The summed E-state index contributed by atoms with van der Waals surface area (Å²) in [6, 6.07) is 7.65. The lowest BCUT2D eigenvalue weighted by Gasteiger charge is -2.47. The molecule has 0 spiro atoms. The maximum absolute atomic E-state index is 10.7. The number of H-pyrrole nitrogens is 1. The van der Waals surface area contributed by atoms with Crippen molar-refractivity contribution in [1.82, 2.24) is 35.3 Å². The third-order valence-corrected chi connectivity index (χ3v) is 6.41.